The Morgan fingerprint density at radius 1 is 1.15 bits per heavy atom. The summed E-state index contributed by atoms with van der Waals surface area (Å²) < 4.78 is 20.9. The molecule has 2 rings (SSSR count). The van der Waals surface area contributed by atoms with Gasteiger partial charge in [-0.1, -0.05) is 17.7 Å². The van der Waals surface area contributed by atoms with E-state index in [0.717, 1.165) is 14.5 Å². The topological polar surface area (TPSA) is 35.2 Å². The van der Waals surface area contributed by atoms with Gasteiger partial charge in [0.1, 0.15) is 18.2 Å². The molecule has 0 aliphatic carbocycles. The first-order valence-electron chi connectivity index (χ1n) is 5.76. The van der Waals surface area contributed by atoms with Crippen LogP contribution in [0.4, 0.5) is 4.39 Å². The van der Waals surface area contributed by atoms with E-state index in [-0.39, 0.29) is 12.4 Å². The number of halogens is 4. The molecule has 2 aromatic carbocycles. The number of hydrogen-bond donors (Lipinski definition) is 1. The third-order valence-electron chi connectivity index (χ3n) is 2.68. The fraction of sp³-hybridized carbons (Fsp3) is 0.143. The molecule has 6 heteroatoms. The first-order valence-corrected chi connectivity index (χ1v) is 7.72. The molecule has 0 aliphatic rings. The van der Waals surface area contributed by atoms with Crippen LogP contribution >= 0.6 is 43.5 Å². The molecule has 0 aromatic heterocycles. The van der Waals surface area contributed by atoms with Gasteiger partial charge in [-0.15, -0.1) is 0 Å². The van der Waals surface area contributed by atoms with Crippen molar-refractivity contribution in [3.63, 3.8) is 0 Å². The van der Waals surface area contributed by atoms with E-state index in [4.69, 9.17) is 22.1 Å². The number of nitrogens with two attached hydrogens (primary N) is 1. The van der Waals surface area contributed by atoms with Gasteiger partial charge in [-0.05, 0) is 61.7 Å². The van der Waals surface area contributed by atoms with Crippen LogP contribution < -0.4 is 10.5 Å². The van der Waals surface area contributed by atoms with Crippen molar-refractivity contribution in [2.45, 2.75) is 13.2 Å². The van der Waals surface area contributed by atoms with Crippen LogP contribution in [-0.4, -0.2) is 0 Å². The van der Waals surface area contributed by atoms with E-state index >= 15 is 0 Å². The summed E-state index contributed by atoms with van der Waals surface area (Å²) in [5.74, 6) is 0.222. The zero-order chi connectivity index (χ0) is 14.7. The molecule has 0 saturated carbocycles. The second-order valence-corrected chi connectivity index (χ2v) is 6.26. The summed E-state index contributed by atoms with van der Waals surface area (Å²) in [6, 6.07) is 8.25. The molecular weight excluding hydrogens is 412 g/mol. The minimum absolute atomic E-state index is 0.113. The molecule has 106 valence electrons. The van der Waals surface area contributed by atoms with Gasteiger partial charge in [-0.25, -0.2) is 4.39 Å². The van der Waals surface area contributed by atoms with Crippen LogP contribution in [0, 0.1) is 5.82 Å². The molecule has 0 amide bonds. The van der Waals surface area contributed by atoms with Crippen LogP contribution in [-0.2, 0) is 13.2 Å². The van der Waals surface area contributed by atoms with Gasteiger partial charge >= 0.3 is 0 Å². The molecule has 0 spiro atoms. The Labute approximate surface area is 138 Å². The Kier molecular flexibility index (Phi) is 5.43. The summed E-state index contributed by atoms with van der Waals surface area (Å²) in [7, 11) is 0. The number of hydrogen-bond acceptors (Lipinski definition) is 2. The maximum atomic E-state index is 13.7. The highest BCUT2D eigenvalue weighted by molar-refractivity contribution is 9.11. The quantitative estimate of drug-likeness (QED) is 0.748. The van der Waals surface area contributed by atoms with Crippen molar-refractivity contribution in [3.05, 3.63) is 61.2 Å². The van der Waals surface area contributed by atoms with Crippen LogP contribution in [0.5, 0.6) is 5.75 Å². The Morgan fingerprint density at radius 3 is 2.35 bits per heavy atom. The van der Waals surface area contributed by atoms with Gasteiger partial charge in [0.2, 0.25) is 0 Å². The zero-order valence-electron chi connectivity index (χ0n) is 10.3. The van der Waals surface area contributed by atoms with E-state index in [9.17, 15) is 4.39 Å². The third-order valence-corrected chi connectivity index (χ3v) is 4.09. The van der Waals surface area contributed by atoms with Crippen molar-refractivity contribution in [1.82, 2.24) is 0 Å². The van der Waals surface area contributed by atoms with Gasteiger partial charge in [0, 0.05) is 17.1 Å². The van der Waals surface area contributed by atoms with Crippen molar-refractivity contribution in [1.29, 1.82) is 0 Å². The smallest absolute Gasteiger partial charge is 0.148 e. The molecule has 2 aromatic rings. The molecule has 2 nitrogen and oxygen atoms in total. The summed E-state index contributed by atoms with van der Waals surface area (Å²) in [6.45, 7) is 0.547. The maximum absolute atomic E-state index is 13.7. The average Bonchev–Trinajstić information content (AvgIpc) is 2.39. The van der Waals surface area contributed by atoms with Gasteiger partial charge < -0.3 is 10.5 Å². The minimum atomic E-state index is -0.386. The molecule has 2 N–H and O–H groups in total. The lowest BCUT2D eigenvalue weighted by molar-refractivity contribution is 0.296. The lowest BCUT2D eigenvalue weighted by Gasteiger charge is -2.12. The lowest BCUT2D eigenvalue weighted by Crippen LogP contribution is -2.01. The van der Waals surface area contributed by atoms with E-state index in [1.165, 1.54) is 6.07 Å². The van der Waals surface area contributed by atoms with E-state index in [0.29, 0.717) is 22.9 Å². The molecule has 0 aliphatic heterocycles. The van der Waals surface area contributed by atoms with Gasteiger partial charge in [0.15, 0.2) is 0 Å². The molecule has 0 bridgehead atoms. The highest BCUT2D eigenvalue weighted by atomic mass is 79.9. The van der Waals surface area contributed by atoms with Gasteiger partial charge in [0.05, 0.1) is 8.95 Å². The predicted molar refractivity (Wildman–Crippen MR) is 85.5 cm³/mol. The van der Waals surface area contributed by atoms with Gasteiger partial charge in [-0.3, -0.25) is 0 Å². The average molecular weight is 424 g/mol. The van der Waals surface area contributed by atoms with E-state index in [1.807, 2.05) is 12.1 Å². The first kappa shape index (κ1) is 15.8. The molecule has 0 saturated heterocycles. The number of benzene rings is 2. The Balaban J connectivity index is 2.19. The van der Waals surface area contributed by atoms with Crippen LogP contribution in [0.25, 0.3) is 0 Å². The monoisotopic (exact) mass is 421 g/mol. The van der Waals surface area contributed by atoms with E-state index in [2.05, 4.69) is 31.9 Å². The maximum Gasteiger partial charge on any atom is 0.148 e. The zero-order valence-corrected chi connectivity index (χ0v) is 14.2. The van der Waals surface area contributed by atoms with Crippen LogP contribution in [0.1, 0.15) is 11.1 Å². The second-order valence-electron chi connectivity index (χ2n) is 4.12. The largest absolute Gasteiger partial charge is 0.486 e. The molecule has 0 heterocycles. The third kappa shape index (κ3) is 3.73. The van der Waals surface area contributed by atoms with Gasteiger partial charge in [-0.2, -0.15) is 0 Å². The van der Waals surface area contributed by atoms with Crippen LogP contribution in [0.3, 0.4) is 0 Å². The van der Waals surface area contributed by atoms with Crippen LogP contribution in [0.15, 0.2) is 39.3 Å². The first-order chi connectivity index (χ1) is 9.51. The Hall–Kier alpha value is -0.620. The highest BCUT2D eigenvalue weighted by Gasteiger charge is 2.10. The molecule has 0 unspecified atom stereocenters. The highest BCUT2D eigenvalue weighted by Crippen LogP contribution is 2.35. The Bertz CT molecular complexity index is 614. The van der Waals surface area contributed by atoms with Crippen molar-refractivity contribution < 1.29 is 9.13 Å². The standard InChI is InChI=1S/C14H11Br2ClFNO/c15-11-3-8(6-19)4-12(16)14(11)20-7-9-1-2-10(17)5-13(9)18/h1-5H,6-7,19H2. The summed E-state index contributed by atoms with van der Waals surface area (Å²) in [5.41, 5.74) is 7.00. The van der Waals surface area contributed by atoms with Crippen molar-refractivity contribution in [2.24, 2.45) is 5.73 Å². The predicted octanol–water partition coefficient (Wildman–Crippen LogP) is 5.04. The second kappa shape index (κ2) is 6.89. The minimum Gasteiger partial charge on any atom is -0.486 e. The van der Waals surface area contributed by atoms with Crippen LogP contribution in [0.2, 0.25) is 5.02 Å². The fourth-order valence-electron chi connectivity index (χ4n) is 1.66. The number of ether oxygens (including phenoxy) is 1. The summed E-state index contributed by atoms with van der Waals surface area (Å²) in [5, 5.41) is 0.362. The summed E-state index contributed by atoms with van der Waals surface area (Å²) in [4.78, 5) is 0. The fourth-order valence-corrected chi connectivity index (χ4v) is 3.33. The molecule has 0 atom stereocenters. The lowest BCUT2D eigenvalue weighted by atomic mass is 10.2. The van der Waals surface area contributed by atoms with E-state index in [1.54, 1.807) is 12.1 Å². The summed E-state index contributed by atoms with van der Waals surface area (Å²) >= 11 is 12.5. The van der Waals surface area contributed by atoms with E-state index < -0.39 is 0 Å². The van der Waals surface area contributed by atoms with Gasteiger partial charge in [0.25, 0.3) is 0 Å². The normalized spacial score (nSPS) is 10.7. The SMILES string of the molecule is NCc1cc(Br)c(OCc2ccc(Cl)cc2F)c(Br)c1. The van der Waals surface area contributed by atoms with Crippen molar-refractivity contribution >= 4 is 43.5 Å². The molecular formula is C14H11Br2ClFNO. The molecule has 0 fully saturated rings. The molecule has 0 radical (unpaired) electrons. The van der Waals surface area contributed by atoms with Crippen molar-refractivity contribution in [3.8, 4) is 5.75 Å². The number of rotatable bonds is 4. The Morgan fingerprint density at radius 2 is 1.80 bits per heavy atom. The summed E-state index contributed by atoms with van der Waals surface area (Å²) in [6.07, 6.45) is 0. The van der Waals surface area contributed by atoms with Crippen molar-refractivity contribution in [2.75, 3.05) is 0 Å². The molecule has 20 heavy (non-hydrogen) atoms.